The molecule has 5 nitrogen and oxygen atoms in total. The molecule has 0 bridgehead atoms. The van der Waals surface area contributed by atoms with E-state index in [0.717, 1.165) is 64.2 Å². The molecule has 2 saturated heterocycles. The molecule has 2 aliphatic rings. The topological polar surface area (TPSA) is 52.8 Å². The number of piperazine rings is 1. The fourth-order valence-corrected chi connectivity index (χ4v) is 3.79. The largest absolute Gasteiger partial charge is 0.341 e. The average Bonchev–Trinajstić information content (AvgIpc) is 2.64. The first-order valence-electron chi connectivity index (χ1n) is 9.15. The number of hydrogen-bond acceptors (Lipinski definition) is 4. The van der Waals surface area contributed by atoms with Crippen molar-refractivity contribution in [2.45, 2.75) is 18.9 Å². The number of nitrogens with two attached hydrogens (primary N) is 1. The van der Waals surface area contributed by atoms with Crippen molar-refractivity contribution in [3.05, 3.63) is 35.9 Å². The summed E-state index contributed by atoms with van der Waals surface area (Å²) in [6.07, 6.45) is 2.07. The molecule has 1 aromatic rings. The molecule has 0 spiro atoms. The van der Waals surface area contributed by atoms with Crippen molar-refractivity contribution in [3.8, 4) is 0 Å². The van der Waals surface area contributed by atoms with Crippen LogP contribution in [0.25, 0.3) is 0 Å². The molecule has 1 unspecified atom stereocenters. The molecule has 0 radical (unpaired) electrons. The highest BCUT2D eigenvalue weighted by molar-refractivity contribution is 5.83. The van der Waals surface area contributed by atoms with E-state index in [-0.39, 0.29) is 11.9 Å². The van der Waals surface area contributed by atoms with Gasteiger partial charge in [-0.25, -0.2) is 0 Å². The number of piperidine rings is 1. The van der Waals surface area contributed by atoms with Crippen LogP contribution in [-0.2, 0) is 4.79 Å². The molecule has 0 aromatic heterocycles. The van der Waals surface area contributed by atoms with Crippen LogP contribution in [0, 0.1) is 5.92 Å². The van der Waals surface area contributed by atoms with Gasteiger partial charge in [-0.05, 0) is 37.9 Å². The van der Waals surface area contributed by atoms with E-state index >= 15 is 0 Å². The van der Waals surface area contributed by atoms with Gasteiger partial charge in [-0.3, -0.25) is 9.69 Å². The molecular formula is C19H30N4O. The third-order valence-electron chi connectivity index (χ3n) is 5.51. The number of hydrogen-bond donors (Lipinski definition) is 1. The Kier molecular flexibility index (Phi) is 5.87. The van der Waals surface area contributed by atoms with Crippen molar-refractivity contribution in [2.24, 2.45) is 11.7 Å². The molecule has 0 aliphatic carbocycles. The molecule has 1 amide bonds. The lowest BCUT2D eigenvalue weighted by atomic mass is 9.95. The summed E-state index contributed by atoms with van der Waals surface area (Å²) in [6.45, 7) is 6.36. The maximum absolute atomic E-state index is 13.3. The van der Waals surface area contributed by atoms with Gasteiger partial charge in [0.2, 0.25) is 5.91 Å². The number of carbonyl (C=O) groups is 1. The van der Waals surface area contributed by atoms with E-state index in [9.17, 15) is 4.79 Å². The van der Waals surface area contributed by atoms with E-state index in [1.807, 2.05) is 18.2 Å². The van der Waals surface area contributed by atoms with Gasteiger partial charge in [-0.15, -0.1) is 0 Å². The van der Waals surface area contributed by atoms with E-state index in [0.29, 0.717) is 5.92 Å². The Morgan fingerprint density at radius 3 is 2.29 bits per heavy atom. The SMILES string of the molecule is CN1CCN(C(C(=O)N2CCC(CN)CC2)c2ccccc2)CC1. The van der Waals surface area contributed by atoms with Crippen molar-refractivity contribution < 1.29 is 4.79 Å². The second kappa shape index (κ2) is 8.10. The smallest absolute Gasteiger partial charge is 0.244 e. The Morgan fingerprint density at radius 2 is 1.71 bits per heavy atom. The quantitative estimate of drug-likeness (QED) is 0.900. The fraction of sp³-hybridized carbons (Fsp3) is 0.632. The zero-order valence-corrected chi connectivity index (χ0v) is 14.7. The van der Waals surface area contributed by atoms with Gasteiger partial charge in [0.05, 0.1) is 0 Å². The summed E-state index contributed by atoms with van der Waals surface area (Å²) in [5, 5.41) is 0. The monoisotopic (exact) mass is 330 g/mol. The van der Waals surface area contributed by atoms with Crippen LogP contribution in [0.4, 0.5) is 0 Å². The normalized spacial score (nSPS) is 22.5. The summed E-state index contributed by atoms with van der Waals surface area (Å²) in [5.74, 6) is 0.842. The predicted octanol–water partition coefficient (Wildman–Crippen LogP) is 1.17. The minimum Gasteiger partial charge on any atom is -0.341 e. The molecule has 132 valence electrons. The Balaban J connectivity index is 1.76. The fourth-order valence-electron chi connectivity index (χ4n) is 3.79. The first-order valence-corrected chi connectivity index (χ1v) is 9.15. The van der Waals surface area contributed by atoms with Crippen LogP contribution in [0.2, 0.25) is 0 Å². The van der Waals surface area contributed by atoms with E-state index in [1.54, 1.807) is 0 Å². The number of nitrogens with zero attached hydrogens (tertiary/aromatic N) is 3. The first kappa shape index (κ1) is 17.4. The summed E-state index contributed by atoms with van der Waals surface area (Å²) in [7, 11) is 2.15. The minimum absolute atomic E-state index is 0.144. The molecule has 0 saturated carbocycles. The van der Waals surface area contributed by atoms with Gasteiger partial charge >= 0.3 is 0 Å². The zero-order valence-electron chi connectivity index (χ0n) is 14.7. The van der Waals surface area contributed by atoms with E-state index in [2.05, 4.69) is 33.9 Å². The van der Waals surface area contributed by atoms with Crippen molar-refractivity contribution in [3.63, 3.8) is 0 Å². The standard InChI is InChI=1S/C19H30N4O/c1-21-11-13-22(14-12-21)18(17-5-3-2-4-6-17)19(24)23-9-7-16(15-20)8-10-23/h2-6,16,18H,7-15,20H2,1H3. The van der Waals surface area contributed by atoms with Gasteiger partial charge in [-0.2, -0.15) is 0 Å². The highest BCUT2D eigenvalue weighted by atomic mass is 16.2. The molecule has 1 atom stereocenters. The van der Waals surface area contributed by atoms with Crippen LogP contribution < -0.4 is 5.73 Å². The number of amides is 1. The Bertz CT molecular complexity index is 519. The van der Waals surface area contributed by atoms with E-state index < -0.39 is 0 Å². The molecule has 2 fully saturated rings. The number of benzene rings is 1. The molecule has 2 N–H and O–H groups in total. The molecule has 2 aliphatic heterocycles. The number of rotatable bonds is 4. The molecule has 5 heteroatoms. The van der Waals surface area contributed by atoms with Crippen molar-refractivity contribution in [1.82, 2.24) is 14.7 Å². The van der Waals surface area contributed by atoms with Gasteiger partial charge in [0.15, 0.2) is 0 Å². The molecular weight excluding hydrogens is 300 g/mol. The first-order chi connectivity index (χ1) is 11.7. The maximum Gasteiger partial charge on any atom is 0.244 e. The van der Waals surface area contributed by atoms with Crippen molar-refractivity contribution in [1.29, 1.82) is 0 Å². The minimum atomic E-state index is -0.144. The number of likely N-dealkylation sites (tertiary alicyclic amines) is 1. The Morgan fingerprint density at radius 1 is 1.08 bits per heavy atom. The van der Waals surface area contributed by atoms with Gasteiger partial charge in [-0.1, -0.05) is 30.3 Å². The third-order valence-corrected chi connectivity index (χ3v) is 5.51. The van der Waals surface area contributed by atoms with Crippen LogP contribution in [0.5, 0.6) is 0 Å². The predicted molar refractivity (Wildman–Crippen MR) is 96.6 cm³/mol. The van der Waals surface area contributed by atoms with Crippen molar-refractivity contribution >= 4 is 5.91 Å². The third kappa shape index (κ3) is 3.97. The van der Waals surface area contributed by atoms with Gasteiger partial charge < -0.3 is 15.5 Å². The average molecular weight is 330 g/mol. The summed E-state index contributed by atoms with van der Waals surface area (Å²) in [5.41, 5.74) is 6.91. The number of carbonyl (C=O) groups excluding carboxylic acids is 1. The van der Waals surface area contributed by atoms with Crippen molar-refractivity contribution in [2.75, 3.05) is 52.9 Å². The second-order valence-electron chi connectivity index (χ2n) is 7.16. The highest BCUT2D eigenvalue weighted by Crippen LogP contribution is 2.27. The summed E-state index contributed by atoms with van der Waals surface area (Å²) < 4.78 is 0. The van der Waals surface area contributed by atoms with E-state index in [4.69, 9.17) is 5.73 Å². The highest BCUT2D eigenvalue weighted by Gasteiger charge is 2.34. The van der Waals surface area contributed by atoms with Gasteiger partial charge in [0, 0.05) is 39.3 Å². The van der Waals surface area contributed by atoms with Crippen LogP contribution in [-0.4, -0.2) is 73.5 Å². The summed E-state index contributed by atoms with van der Waals surface area (Å²) in [6, 6.07) is 10.1. The summed E-state index contributed by atoms with van der Waals surface area (Å²) >= 11 is 0. The molecule has 1 aromatic carbocycles. The number of likely N-dealkylation sites (N-methyl/N-ethyl adjacent to an activating group) is 1. The summed E-state index contributed by atoms with van der Waals surface area (Å²) in [4.78, 5) is 20.1. The van der Waals surface area contributed by atoms with Gasteiger partial charge in [0.1, 0.15) is 6.04 Å². The zero-order chi connectivity index (χ0) is 16.9. The van der Waals surface area contributed by atoms with Crippen LogP contribution in [0.3, 0.4) is 0 Å². The molecule has 2 heterocycles. The lowest BCUT2D eigenvalue weighted by Gasteiger charge is -2.41. The Hall–Kier alpha value is -1.43. The van der Waals surface area contributed by atoms with Gasteiger partial charge in [0.25, 0.3) is 0 Å². The molecule has 3 rings (SSSR count). The second-order valence-corrected chi connectivity index (χ2v) is 7.16. The molecule has 24 heavy (non-hydrogen) atoms. The van der Waals surface area contributed by atoms with Crippen LogP contribution >= 0.6 is 0 Å². The maximum atomic E-state index is 13.3. The lowest BCUT2D eigenvalue weighted by molar-refractivity contribution is -0.139. The Labute approximate surface area is 145 Å². The van der Waals surface area contributed by atoms with Crippen LogP contribution in [0.15, 0.2) is 30.3 Å². The van der Waals surface area contributed by atoms with Crippen LogP contribution in [0.1, 0.15) is 24.4 Å². The van der Waals surface area contributed by atoms with E-state index in [1.165, 1.54) is 0 Å². The lowest BCUT2D eigenvalue weighted by Crippen LogP contribution is -2.52.